The third kappa shape index (κ3) is 3.07. The topological polar surface area (TPSA) is 144 Å². The molecular formula is C8H7ClN6O4S. The van der Waals surface area contributed by atoms with Gasteiger partial charge in [0.1, 0.15) is 0 Å². The van der Waals surface area contributed by atoms with E-state index in [0.717, 1.165) is 12.1 Å². The van der Waals surface area contributed by atoms with Gasteiger partial charge < -0.3 is 0 Å². The van der Waals surface area contributed by atoms with Gasteiger partial charge in [0.15, 0.2) is 10.7 Å². The maximum atomic E-state index is 12.0. The van der Waals surface area contributed by atoms with Crippen LogP contribution in [0.4, 0.5) is 5.69 Å². The predicted octanol–water partition coefficient (Wildman–Crippen LogP) is 0.240. The lowest BCUT2D eigenvalue weighted by Crippen LogP contribution is -2.24. The Bertz CT molecular complexity index is 731. The minimum atomic E-state index is -4.10. The molecule has 2 aromatic rings. The molecule has 0 aliphatic rings. The summed E-state index contributed by atoms with van der Waals surface area (Å²) in [5.74, 6) is 0.102. The molecule has 20 heavy (non-hydrogen) atoms. The van der Waals surface area contributed by atoms with Crippen LogP contribution in [0.2, 0.25) is 5.02 Å². The Labute approximate surface area is 117 Å². The highest BCUT2D eigenvalue weighted by atomic mass is 35.5. The molecule has 1 heterocycles. The highest BCUT2D eigenvalue weighted by Crippen LogP contribution is 2.26. The van der Waals surface area contributed by atoms with Gasteiger partial charge in [0.2, 0.25) is 10.0 Å². The molecular weight excluding hydrogens is 312 g/mol. The minimum Gasteiger partial charge on any atom is -0.258 e. The van der Waals surface area contributed by atoms with Gasteiger partial charge in [0.25, 0.3) is 5.69 Å². The van der Waals surface area contributed by atoms with E-state index in [0.29, 0.717) is 0 Å². The number of H-pyrrole nitrogens is 1. The zero-order valence-corrected chi connectivity index (χ0v) is 11.2. The maximum absolute atomic E-state index is 12.0. The van der Waals surface area contributed by atoms with Crippen LogP contribution in [0.1, 0.15) is 5.82 Å². The number of hydrogen-bond acceptors (Lipinski definition) is 7. The van der Waals surface area contributed by atoms with E-state index in [9.17, 15) is 18.5 Å². The van der Waals surface area contributed by atoms with Crippen LogP contribution in [-0.4, -0.2) is 34.0 Å². The summed E-state index contributed by atoms with van der Waals surface area (Å²) in [4.78, 5) is 9.55. The van der Waals surface area contributed by atoms with Crippen LogP contribution in [0.15, 0.2) is 23.1 Å². The van der Waals surface area contributed by atoms with Crippen LogP contribution in [0.25, 0.3) is 0 Å². The van der Waals surface area contributed by atoms with Crippen molar-refractivity contribution in [2.24, 2.45) is 0 Å². The molecule has 0 amide bonds. The quantitative estimate of drug-likeness (QED) is 0.593. The smallest absolute Gasteiger partial charge is 0.258 e. The number of hydrogen-bond donors (Lipinski definition) is 2. The van der Waals surface area contributed by atoms with Crippen molar-refractivity contribution in [3.63, 3.8) is 0 Å². The number of nitro groups is 1. The summed E-state index contributed by atoms with van der Waals surface area (Å²) in [6.07, 6.45) is 0. The van der Waals surface area contributed by atoms with Crippen molar-refractivity contribution >= 4 is 27.3 Å². The van der Waals surface area contributed by atoms with Crippen molar-refractivity contribution in [2.75, 3.05) is 0 Å². The summed E-state index contributed by atoms with van der Waals surface area (Å²) in [5, 5.41) is 23.5. The molecule has 0 aliphatic heterocycles. The first-order valence-electron chi connectivity index (χ1n) is 5.06. The highest BCUT2D eigenvalue weighted by molar-refractivity contribution is 7.89. The van der Waals surface area contributed by atoms with Gasteiger partial charge in [-0.15, -0.1) is 10.2 Å². The van der Waals surface area contributed by atoms with Crippen molar-refractivity contribution in [1.29, 1.82) is 0 Å². The van der Waals surface area contributed by atoms with Crippen LogP contribution in [0.5, 0.6) is 0 Å². The highest BCUT2D eigenvalue weighted by Gasteiger charge is 2.26. The third-order valence-electron chi connectivity index (χ3n) is 2.22. The van der Waals surface area contributed by atoms with Crippen molar-refractivity contribution < 1.29 is 13.3 Å². The van der Waals surface area contributed by atoms with Crippen LogP contribution in [0, 0.1) is 10.1 Å². The van der Waals surface area contributed by atoms with Crippen LogP contribution in [-0.2, 0) is 16.6 Å². The Kier molecular flexibility index (Phi) is 3.92. The van der Waals surface area contributed by atoms with E-state index in [2.05, 4.69) is 25.3 Å². The fraction of sp³-hybridized carbons (Fsp3) is 0.125. The van der Waals surface area contributed by atoms with Gasteiger partial charge in [0, 0.05) is 11.1 Å². The molecule has 0 atom stereocenters. The molecule has 0 radical (unpaired) electrons. The first-order valence-corrected chi connectivity index (χ1v) is 6.92. The predicted molar refractivity (Wildman–Crippen MR) is 66.3 cm³/mol. The second-order valence-electron chi connectivity index (χ2n) is 3.52. The first kappa shape index (κ1) is 14.3. The first-order chi connectivity index (χ1) is 9.40. The lowest BCUT2D eigenvalue weighted by molar-refractivity contribution is -0.387. The molecule has 0 aliphatic carbocycles. The van der Waals surface area contributed by atoms with Gasteiger partial charge in [-0.2, -0.15) is 5.21 Å². The van der Waals surface area contributed by atoms with E-state index in [-0.39, 0.29) is 17.4 Å². The average Bonchev–Trinajstić information content (AvgIpc) is 2.89. The summed E-state index contributed by atoms with van der Waals surface area (Å²) >= 11 is 5.62. The molecule has 10 nitrogen and oxygen atoms in total. The molecule has 0 bridgehead atoms. The Morgan fingerprint density at radius 2 is 2.20 bits per heavy atom. The Morgan fingerprint density at radius 1 is 1.45 bits per heavy atom. The molecule has 12 heteroatoms. The number of nitrogens with one attached hydrogen (secondary N) is 2. The number of benzene rings is 1. The number of tetrazole rings is 1. The molecule has 106 valence electrons. The van der Waals surface area contributed by atoms with Gasteiger partial charge in [-0.05, 0) is 12.1 Å². The number of nitro benzene ring substituents is 1. The largest absolute Gasteiger partial charge is 0.290 e. The number of halogens is 1. The van der Waals surface area contributed by atoms with Gasteiger partial charge in [-0.3, -0.25) is 10.1 Å². The van der Waals surface area contributed by atoms with Crippen molar-refractivity contribution in [2.45, 2.75) is 11.4 Å². The fourth-order valence-electron chi connectivity index (χ4n) is 1.36. The van der Waals surface area contributed by atoms with Gasteiger partial charge in [-0.25, -0.2) is 13.1 Å². The van der Waals surface area contributed by atoms with Crippen molar-refractivity contribution in [1.82, 2.24) is 25.3 Å². The second kappa shape index (κ2) is 5.48. The normalized spacial score (nSPS) is 11.4. The Hall–Kier alpha value is -2.11. The van der Waals surface area contributed by atoms with Crippen molar-refractivity contribution in [3.05, 3.63) is 39.2 Å². The number of aromatic amines is 1. The molecule has 0 saturated carbocycles. The van der Waals surface area contributed by atoms with E-state index in [1.165, 1.54) is 6.07 Å². The Morgan fingerprint density at radius 3 is 2.80 bits per heavy atom. The SMILES string of the molecule is O=[N+]([O-])c1cc(Cl)ccc1S(=O)(=O)NCc1nn[nH]n1. The molecule has 0 unspecified atom stereocenters. The summed E-state index contributed by atoms with van der Waals surface area (Å²) in [6, 6.07) is 3.26. The molecule has 2 rings (SSSR count). The van der Waals surface area contributed by atoms with E-state index in [4.69, 9.17) is 11.6 Å². The number of aromatic nitrogens is 4. The minimum absolute atomic E-state index is 0.0637. The molecule has 1 aromatic carbocycles. The van der Waals surface area contributed by atoms with E-state index < -0.39 is 25.5 Å². The van der Waals surface area contributed by atoms with E-state index in [1.54, 1.807) is 0 Å². The second-order valence-corrected chi connectivity index (χ2v) is 5.69. The number of sulfonamides is 1. The van der Waals surface area contributed by atoms with Crippen LogP contribution >= 0.6 is 11.6 Å². The number of nitrogens with zero attached hydrogens (tertiary/aromatic N) is 4. The van der Waals surface area contributed by atoms with Crippen LogP contribution < -0.4 is 4.72 Å². The summed E-state index contributed by atoms with van der Waals surface area (Å²) in [7, 11) is -4.10. The molecule has 2 N–H and O–H groups in total. The lowest BCUT2D eigenvalue weighted by Gasteiger charge is -2.05. The lowest BCUT2D eigenvalue weighted by atomic mass is 10.3. The summed E-state index contributed by atoms with van der Waals surface area (Å²) in [5.41, 5.74) is -0.613. The van der Waals surface area contributed by atoms with Crippen LogP contribution in [0.3, 0.4) is 0 Å². The van der Waals surface area contributed by atoms with Gasteiger partial charge in [-0.1, -0.05) is 16.8 Å². The van der Waals surface area contributed by atoms with Gasteiger partial charge >= 0.3 is 0 Å². The van der Waals surface area contributed by atoms with E-state index >= 15 is 0 Å². The van der Waals surface area contributed by atoms with E-state index in [1.807, 2.05) is 0 Å². The van der Waals surface area contributed by atoms with Crippen molar-refractivity contribution in [3.8, 4) is 0 Å². The number of rotatable bonds is 5. The molecule has 0 fully saturated rings. The monoisotopic (exact) mass is 318 g/mol. The summed E-state index contributed by atoms with van der Waals surface area (Å²) < 4.78 is 26.2. The molecule has 0 saturated heterocycles. The molecule has 1 aromatic heterocycles. The zero-order valence-electron chi connectivity index (χ0n) is 9.65. The fourth-order valence-corrected chi connectivity index (χ4v) is 2.65. The third-order valence-corrected chi connectivity index (χ3v) is 3.90. The van der Waals surface area contributed by atoms with Gasteiger partial charge in [0.05, 0.1) is 11.5 Å². The summed E-state index contributed by atoms with van der Waals surface area (Å²) in [6.45, 7) is -0.251. The average molecular weight is 319 g/mol. The maximum Gasteiger partial charge on any atom is 0.290 e. The Balaban J connectivity index is 2.31. The zero-order chi connectivity index (χ0) is 14.8. The standard InChI is InChI=1S/C8H7ClN6O4S/c9-5-1-2-7(6(3-5)15(16)17)20(18,19)10-4-8-11-13-14-12-8/h1-3,10H,4H2,(H,11,12,13,14). The molecule has 0 spiro atoms.